The molecule has 0 heterocycles. The van der Waals surface area contributed by atoms with E-state index in [1.54, 1.807) is 13.8 Å². The van der Waals surface area contributed by atoms with Gasteiger partial charge in [-0.05, 0) is 55.7 Å². The predicted molar refractivity (Wildman–Crippen MR) is 134 cm³/mol. The Morgan fingerprint density at radius 2 is 1.38 bits per heavy atom. The molecule has 0 aromatic heterocycles. The highest BCUT2D eigenvalue weighted by atomic mass is 32.2. The molecule has 1 unspecified atom stereocenters. The first-order valence-corrected chi connectivity index (χ1v) is 14.3. The predicted octanol–water partition coefficient (Wildman–Crippen LogP) is 4.25. The van der Waals surface area contributed by atoms with E-state index in [9.17, 15) is 35.1 Å². The average Bonchev–Trinajstić information content (AvgIpc) is 2.81. The van der Waals surface area contributed by atoms with E-state index in [1.807, 2.05) is 5.92 Å². The molecule has 0 amide bonds. The van der Waals surface area contributed by atoms with Crippen molar-refractivity contribution in [3.8, 4) is 23.0 Å². The maximum Gasteiger partial charge on any atom is 0.433 e. The standard InChI is InChI=1S/C26H24F3NO5S2/c1-18(2)30-37(34,35)24-11-7-5-9-22(24)21-8-4-6-10-23(21)25(31,26(27,28)29)17-16-19-12-14-20(15-13-19)36(3,32)33/h4-15,18,30-31H,1-3H3. The number of sulfone groups is 1. The summed E-state index contributed by atoms with van der Waals surface area (Å²) in [5.41, 5.74) is -4.52. The van der Waals surface area contributed by atoms with E-state index in [2.05, 4.69) is 10.6 Å². The Balaban J connectivity index is 2.22. The second-order valence-corrected chi connectivity index (χ2v) is 12.3. The summed E-state index contributed by atoms with van der Waals surface area (Å²) in [7, 11) is -7.63. The smallest absolute Gasteiger partial charge is 0.366 e. The van der Waals surface area contributed by atoms with Crippen LogP contribution in [0.4, 0.5) is 13.2 Å². The number of hydrogen-bond acceptors (Lipinski definition) is 5. The Labute approximate surface area is 214 Å². The van der Waals surface area contributed by atoms with Crippen LogP contribution in [0.2, 0.25) is 0 Å². The van der Waals surface area contributed by atoms with Gasteiger partial charge in [0.25, 0.3) is 0 Å². The lowest BCUT2D eigenvalue weighted by Crippen LogP contribution is -2.41. The van der Waals surface area contributed by atoms with Crippen molar-refractivity contribution in [3.63, 3.8) is 0 Å². The zero-order valence-electron chi connectivity index (χ0n) is 20.0. The van der Waals surface area contributed by atoms with Gasteiger partial charge in [0.2, 0.25) is 15.6 Å². The molecular weight excluding hydrogens is 527 g/mol. The van der Waals surface area contributed by atoms with Crippen molar-refractivity contribution in [3.05, 3.63) is 83.9 Å². The molecule has 6 nitrogen and oxygen atoms in total. The van der Waals surface area contributed by atoms with Gasteiger partial charge in [0.1, 0.15) is 0 Å². The lowest BCUT2D eigenvalue weighted by molar-refractivity contribution is -0.240. The molecule has 3 rings (SSSR count). The molecular formula is C26H24F3NO5S2. The number of hydrogen-bond donors (Lipinski definition) is 2. The Morgan fingerprint density at radius 3 is 1.92 bits per heavy atom. The third-order valence-corrected chi connectivity index (χ3v) is 8.10. The Kier molecular flexibility index (Phi) is 7.91. The van der Waals surface area contributed by atoms with Crippen molar-refractivity contribution in [2.45, 2.75) is 41.5 Å². The first kappa shape index (κ1) is 28.4. The second kappa shape index (κ2) is 10.3. The van der Waals surface area contributed by atoms with Crippen LogP contribution in [-0.2, 0) is 25.5 Å². The third-order valence-electron chi connectivity index (χ3n) is 5.25. The number of rotatable bonds is 6. The van der Waals surface area contributed by atoms with Gasteiger partial charge in [-0.3, -0.25) is 0 Å². The zero-order valence-corrected chi connectivity index (χ0v) is 21.7. The Hall–Kier alpha value is -3.17. The minimum atomic E-state index is -5.27. The van der Waals surface area contributed by atoms with Crippen LogP contribution in [0.15, 0.2) is 82.6 Å². The fraction of sp³-hybridized carbons (Fsp3) is 0.231. The summed E-state index contributed by atoms with van der Waals surface area (Å²) in [6, 6.07) is 14.9. The quantitative estimate of drug-likeness (QED) is 0.447. The number of halogens is 3. The SMILES string of the molecule is CC(C)NS(=O)(=O)c1ccccc1-c1ccccc1C(O)(C#Cc1ccc(S(C)(=O)=O)cc1)C(F)(F)F. The van der Waals surface area contributed by atoms with Gasteiger partial charge in [-0.1, -0.05) is 48.4 Å². The molecule has 37 heavy (non-hydrogen) atoms. The van der Waals surface area contributed by atoms with Crippen molar-refractivity contribution in [1.29, 1.82) is 0 Å². The summed E-state index contributed by atoms with van der Waals surface area (Å²) in [5, 5.41) is 11.0. The highest BCUT2D eigenvalue weighted by molar-refractivity contribution is 7.90. The van der Waals surface area contributed by atoms with Crippen LogP contribution in [0, 0.1) is 11.8 Å². The summed E-state index contributed by atoms with van der Waals surface area (Å²) in [4.78, 5) is -0.299. The summed E-state index contributed by atoms with van der Waals surface area (Å²) in [6.45, 7) is 3.21. The lowest BCUT2D eigenvalue weighted by Gasteiger charge is -2.28. The molecule has 0 fully saturated rings. The topological polar surface area (TPSA) is 101 Å². The summed E-state index contributed by atoms with van der Waals surface area (Å²) < 4.78 is 94.6. The molecule has 0 radical (unpaired) electrons. The van der Waals surface area contributed by atoms with Crippen LogP contribution in [0.5, 0.6) is 0 Å². The van der Waals surface area contributed by atoms with E-state index < -0.39 is 43.2 Å². The lowest BCUT2D eigenvalue weighted by atomic mass is 9.86. The van der Waals surface area contributed by atoms with Crippen LogP contribution in [0.25, 0.3) is 11.1 Å². The third kappa shape index (κ3) is 6.22. The van der Waals surface area contributed by atoms with Crippen molar-refractivity contribution in [1.82, 2.24) is 4.72 Å². The maximum absolute atomic E-state index is 14.4. The largest absolute Gasteiger partial charge is 0.433 e. The minimum Gasteiger partial charge on any atom is -0.366 e. The molecule has 0 aliphatic heterocycles. The normalized spacial score (nSPS) is 14.1. The fourth-order valence-corrected chi connectivity index (χ4v) is 5.67. The van der Waals surface area contributed by atoms with E-state index in [1.165, 1.54) is 66.7 Å². The first-order chi connectivity index (χ1) is 17.1. The Bertz CT molecular complexity index is 1570. The number of benzene rings is 3. The molecule has 0 saturated carbocycles. The van der Waals surface area contributed by atoms with Gasteiger partial charge < -0.3 is 5.11 Å². The molecule has 2 N–H and O–H groups in total. The monoisotopic (exact) mass is 551 g/mol. The molecule has 196 valence electrons. The molecule has 0 saturated heterocycles. The van der Waals surface area contributed by atoms with Gasteiger partial charge in [-0.2, -0.15) is 13.2 Å². The number of nitrogens with one attached hydrogen (secondary N) is 1. The fourth-order valence-electron chi connectivity index (χ4n) is 3.57. The van der Waals surface area contributed by atoms with Gasteiger partial charge in [-0.25, -0.2) is 21.6 Å². The molecule has 1 atom stereocenters. The number of alkyl halides is 3. The van der Waals surface area contributed by atoms with E-state index in [4.69, 9.17) is 0 Å². The van der Waals surface area contributed by atoms with Crippen molar-refractivity contribution in [2.24, 2.45) is 0 Å². The molecule has 3 aromatic rings. The molecule has 0 aliphatic rings. The highest BCUT2D eigenvalue weighted by Crippen LogP contribution is 2.43. The van der Waals surface area contributed by atoms with E-state index >= 15 is 0 Å². The minimum absolute atomic E-state index is 0.0386. The molecule has 0 bridgehead atoms. The van der Waals surface area contributed by atoms with Crippen LogP contribution in [0.3, 0.4) is 0 Å². The Morgan fingerprint density at radius 1 is 0.838 bits per heavy atom. The van der Waals surface area contributed by atoms with E-state index in [-0.39, 0.29) is 26.5 Å². The van der Waals surface area contributed by atoms with Crippen LogP contribution < -0.4 is 4.72 Å². The highest BCUT2D eigenvalue weighted by Gasteiger charge is 2.55. The molecule has 3 aromatic carbocycles. The second-order valence-electron chi connectivity index (χ2n) is 8.57. The maximum atomic E-state index is 14.4. The van der Waals surface area contributed by atoms with Crippen LogP contribution in [0.1, 0.15) is 25.0 Å². The zero-order chi connectivity index (χ0) is 27.6. The average molecular weight is 552 g/mol. The molecule has 11 heteroatoms. The molecule has 0 aliphatic carbocycles. The first-order valence-electron chi connectivity index (χ1n) is 10.9. The van der Waals surface area contributed by atoms with Gasteiger partial charge in [0, 0.05) is 29.0 Å². The van der Waals surface area contributed by atoms with E-state index in [0.29, 0.717) is 0 Å². The van der Waals surface area contributed by atoms with Gasteiger partial charge in [0.15, 0.2) is 9.84 Å². The summed E-state index contributed by atoms with van der Waals surface area (Å²) in [5.74, 6) is 4.17. The van der Waals surface area contributed by atoms with Gasteiger partial charge in [0.05, 0.1) is 9.79 Å². The summed E-state index contributed by atoms with van der Waals surface area (Å²) >= 11 is 0. The molecule has 0 spiro atoms. The van der Waals surface area contributed by atoms with Crippen LogP contribution in [-0.4, -0.2) is 40.4 Å². The number of aliphatic hydroxyl groups is 1. The van der Waals surface area contributed by atoms with Gasteiger partial charge in [-0.15, -0.1) is 0 Å². The number of sulfonamides is 1. The van der Waals surface area contributed by atoms with Gasteiger partial charge >= 0.3 is 6.18 Å². The summed E-state index contributed by atoms with van der Waals surface area (Å²) in [6.07, 6.45) is -4.28. The van der Waals surface area contributed by atoms with Crippen molar-refractivity contribution >= 4 is 19.9 Å². The van der Waals surface area contributed by atoms with Crippen molar-refractivity contribution in [2.75, 3.05) is 6.26 Å². The van der Waals surface area contributed by atoms with E-state index in [0.717, 1.165) is 12.3 Å². The van der Waals surface area contributed by atoms with Crippen molar-refractivity contribution < 1.29 is 35.1 Å². The van der Waals surface area contributed by atoms with Crippen LogP contribution >= 0.6 is 0 Å².